The predicted octanol–water partition coefficient (Wildman–Crippen LogP) is 4.74. The summed E-state index contributed by atoms with van der Waals surface area (Å²) in [7, 11) is 1.60. The predicted molar refractivity (Wildman–Crippen MR) is 126 cm³/mol. The summed E-state index contributed by atoms with van der Waals surface area (Å²) in [6.45, 7) is 2.67. The molecule has 0 radical (unpaired) electrons. The fourth-order valence-corrected chi connectivity index (χ4v) is 4.48. The van der Waals surface area contributed by atoms with Gasteiger partial charge in [-0.3, -0.25) is 9.59 Å². The second-order valence-corrected chi connectivity index (χ2v) is 8.12. The molecule has 0 saturated carbocycles. The maximum absolute atomic E-state index is 13.8. The highest BCUT2D eigenvalue weighted by atomic mass is 16.5. The van der Waals surface area contributed by atoms with Gasteiger partial charge in [0, 0.05) is 12.2 Å². The fraction of sp³-hybridized carbons (Fsp3) is 0.185. The van der Waals surface area contributed by atoms with Gasteiger partial charge in [0.15, 0.2) is 0 Å². The van der Waals surface area contributed by atoms with E-state index in [1.54, 1.807) is 7.11 Å². The Labute approximate surface area is 187 Å². The fourth-order valence-electron chi connectivity index (χ4n) is 4.48. The summed E-state index contributed by atoms with van der Waals surface area (Å²) in [5.74, 6) is 0.106. The number of nitrogens with zero attached hydrogens (tertiary/aromatic N) is 2. The topological polar surface area (TPSA) is 49.9 Å². The van der Waals surface area contributed by atoms with Crippen LogP contribution in [0, 0.1) is 6.92 Å². The van der Waals surface area contributed by atoms with Crippen LogP contribution in [0.4, 0.5) is 11.4 Å². The number of amides is 2. The molecule has 0 unspecified atom stereocenters. The molecule has 5 heteroatoms. The molecule has 0 spiro atoms. The zero-order valence-corrected chi connectivity index (χ0v) is 18.2. The van der Waals surface area contributed by atoms with Gasteiger partial charge < -0.3 is 9.64 Å². The van der Waals surface area contributed by atoms with Crippen molar-refractivity contribution in [3.63, 3.8) is 0 Å². The van der Waals surface area contributed by atoms with Crippen molar-refractivity contribution in [2.75, 3.05) is 23.5 Å². The zero-order valence-electron chi connectivity index (χ0n) is 18.2. The first-order chi connectivity index (χ1) is 15.6. The molecule has 3 aromatic rings. The van der Waals surface area contributed by atoms with E-state index in [1.807, 2.05) is 78.6 Å². The Morgan fingerprint density at radius 1 is 0.844 bits per heavy atom. The molecule has 0 atom stereocenters. The van der Waals surface area contributed by atoms with Gasteiger partial charge in [-0.05, 0) is 61.2 Å². The van der Waals surface area contributed by atoms with Crippen LogP contribution in [0.15, 0.2) is 78.5 Å². The lowest BCUT2D eigenvalue weighted by atomic mass is 9.98. The lowest BCUT2D eigenvalue weighted by molar-refractivity contribution is -0.120. The Bertz CT molecular complexity index is 1230. The van der Waals surface area contributed by atoms with Crippen LogP contribution in [-0.4, -0.2) is 25.5 Å². The number of rotatable bonds is 4. The van der Waals surface area contributed by atoms with Crippen LogP contribution in [0.3, 0.4) is 0 Å². The number of anilines is 2. The number of imide groups is 1. The van der Waals surface area contributed by atoms with Gasteiger partial charge in [-0.15, -0.1) is 0 Å². The number of methoxy groups -OCH3 is 1. The van der Waals surface area contributed by atoms with Crippen LogP contribution in [-0.2, 0) is 16.0 Å². The number of ether oxygens (including phenoxy) is 1. The van der Waals surface area contributed by atoms with Crippen LogP contribution >= 0.6 is 0 Å². The molecule has 0 aromatic heterocycles. The van der Waals surface area contributed by atoms with Gasteiger partial charge in [-0.2, -0.15) is 0 Å². The molecule has 2 amide bonds. The second kappa shape index (κ2) is 8.00. The molecule has 0 saturated heterocycles. The third-order valence-corrected chi connectivity index (χ3v) is 6.11. The summed E-state index contributed by atoms with van der Waals surface area (Å²) >= 11 is 0. The van der Waals surface area contributed by atoms with Gasteiger partial charge in [0.1, 0.15) is 11.4 Å². The minimum atomic E-state index is -0.304. The van der Waals surface area contributed by atoms with E-state index in [4.69, 9.17) is 4.74 Å². The highest BCUT2D eigenvalue weighted by Gasteiger charge is 2.43. The summed E-state index contributed by atoms with van der Waals surface area (Å²) in [6, 6.07) is 22.9. The summed E-state index contributed by atoms with van der Waals surface area (Å²) in [5.41, 5.74) is 5.40. The zero-order chi connectivity index (χ0) is 22.2. The van der Waals surface area contributed by atoms with Crippen LogP contribution < -0.4 is 14.5 Å². The molecule has 5 nitrogen and oxygen atoms in total. The quantitative estimate of drug-likeness (QED) is 0.568. The lowest BCUT2D eigenvalue weighted by Gasteiger charge is -2.32. The molecule has 160 valence electrons. The smallest absolute Gasteiger partial charge is 0.282 e. The van der Waals surface area contributed by atoms with E-state index in [2.05, 4.69) is 6.07 Å². The number of fused-ring (bicyclic) bond motifs is 1. The molecular weight excluding hydrogens is 400 g/mol. The highest BCUT2D eigenvalue weighted by Crippen LogP contribution is 2.39. The number of para-hydroxylation sites is 1. The molecular formula is C27H24N2O3. The summed E-state index contributed by atoms with van der Waals surface area (Å²) < 4.78 is 5.28. The van der Waals surface area contributed by atoms with Crippen molar-refractivity contribution in [1.82, 2.24) is 0 Å². The first-order valence-corrected chi connectivity index (χ1v) is 10.8. The Morgan fingerprint density at radius 2 is 1.56 bits per heavy atom. The normalized spacial score (nSPS) is 15.9. The van der Waals surface area contributed by atoms with Gasteiger partial charge in [0.05, 0.1) is 18.4 Å². The van der Waals surface area contributed by atoms with Crippen molar-refractivity contribution in [2.45, 2.75) is 19.8 Å². The second-order valence-electron chi connectivity index (χ2n) is 8.12. The van der Waals surface area contributed by atoms with Crippen LogP contribution in [0.5, 0.6) is 5.75 Å². The molecule has 3 aromatic carbocycles. The number of carbonyl (C=O) groups is 2. The Morgan fingerprint density at radius 3 is 2.28 bits per heavy atom. The number of benzene rings is 3. The Kier molecular flexibility index (Phi) is 5.02. The van der Waals surface area contributed by atoms with E-state index in [-0.39, 0.29) is 11.8 Å². The maximum Gasteiger partial charge on any atom is 0.282 e. The van der Waals surface area contributed by atoms with E-state index < -0.39 is 0 Å². The van der Waals surface area contributed by atoms with Crippen LogP contribution in [0.2, 0.25) is 0 Å². The van der Waals surface area contributed by atoms with Gasteiger partial charge in [-0.1, -0.05) is 48.0 Å². The number of aryl methyl sites for hydroxylation is 2. The van der Waals surface area contributed by atoms with Crippen molar-refractivity contribution in [2.24, 2.45) is 0 Å². The highest BCUT2D eigenvalue weighted by molar-refractivity contribution is 6.46. The van der Waals surface area contributed by atoms with Gasteiger partial charge in [-0.25, -0.2) is 4.90 Å². The molecule has 32 heavy (non-hydrogen) atoms. The van der Waals surface area contributed by atoms with E-state index in [0.717, 1.165) is 24.1 Å². The number of hydrogen-bond acceptors (Lipinski definition) is 4. The molecule has 0 fully saturated rings. The average Bonchev–Trinajstić information content (AvgIpc) is 3.09. The monoisotopic (exact) mass is 424 g/mol. The van der Waals surface area contributed by atoms with E-state index in [9.17, 15) is 9.59 Å². The molecule has 5 rings (SSSR count). The molecule has 0 N–H and O–H groups in total. The first kappa shape index (κ1) is 20.1. The van der Waals surface area contributed by atoms with Gasteiger partial charge in [0.2, 0.25) is 0 Å². The van der Waals surface area contributed by atoms with Crippen molar-refractivity contribution < 1.29 is 14.3 Å². The van der Waals surface area contributed by atoms with Crippen molar-refractivity contribution in [1.29, 1.82) is 0 Å². The third kappa shape index (κ3) is 3.26. The first-order valence-electron chi connectivity index (χ1n) is 10.8. The average molecular weight is 425 g/mol. The minimum Gasteiger partial charge on any atom is -0.497 e. The molecule has 0 bridgehead atoms. The van der Waals surface area contributed by atoms with Crippen molar-refractivity contribution in [3.8, 4) is 5.75 Å². The van der Waals surface area contributed by atoms with E-state index in [0.29, 0.717) is 34.8 Å². The van der Waals surface area contributed by atoms with Crippen LogP contribution in [0.25, 0.3) is 5.57 Å². The summed E-state index contributed by atoms with van der Waals surface area (Å²) in [6.07, 6.45) is 1.88. The van der Waals surface area contributed by atoms with Gasteiger partial charge in [0.25, 0.3) is 11.8 Å². The SMILES string of the molecule is COc1ccc(C2=C(N3CCCc4ccccc43)C(=O)N(c3ccc(C)cc3)C2=O)cc1. The molecule has 2 aliphatic heterocycles. The number of carbonyl (C=O) groups excluding carboxylic acids is 2. The van der Waals surface area contributed by atoms with Crippen LogP contribution in [0.1, 0.15) is 23.1 Å². The third-order valence-electron chi connectivity index (χ3n) is 6.11. The summed E-state index contributed by atoms with van der Waals surface area (Å²) in [4.78, 5) is 30.8. The number of hydrogen-bond donors (Lipinski definition) is 0. The van der Waals surface area contributed by atoms with Crippen molar-refractivity contribution in [3.05, 3.63) is 95.2 Å². The van der Waals surface area contributed by atoms with E-state index >= 15 is 0 Å². The Hall–Kier alpha value is -3.86. The molecule has 2 heterocycles. The molecule has 0 aliphatic carbocycles. The minimum absolute atomic E-state index is 0.290. The van der Waals surface area contributed by atoms with Gasteiger partial charge >= 0.3 is 0 Å². The maximum atomic E-state index is 13.8. The molecule has 2 aliphatic rings. The van der Waals surface area contributed by atoms with Crippen molar-refractivity contribution >= 4 is 28.8 Å². The largest absolute Gasteiger partial charge is 0.497 e. The standard InChI is InChI=1S/C27H24N2O3/c1-18-9-13-21(14-10-18)29-26(30)24(20-11-15-22(32-2)16-12-20)25(27(29)31)28-17-5-7-19-6-3-4-8-23(19)28/h3-4,6,8-16H,5,7,17H2,1-2H3. The Balaban J connectivity index is 1.68. The lowest BCUT2D eigenvalue weighted by Crippen LogP contribution is -2.37. The summed E-state index contributed by atoms with van der Waals surface area (Å²) in [5, 5.41) is 0. The van der Waals surface area contributed by atoms with E-state index in [1.165, 1.54) is 10.5 Å².